The molecule has 0 saturated carbocycles. The molecule has 0 amide bonds. The van der Waals surface area contributed by atoms with Crippen molar-refractivity contribution in [3.8, 4) is 5.75 Å². The highest BCUT2D eigenvalue weighted by atomic mass is 16.5. The molecule has 1 atom stereocenters. The van der Waals surface area contributed by atoms with E-state index in [1.165, 1.54) is 5.56 Å². The van der Waals surface area contributed by atoms with Gasteiger partial charge >= 0.3 is 0 Å². The fourth-order valence-corrected chi connectivity index (χ4v) is 2.76. The predicted molar refractivity (Wildman–Crippen MR) is 93.2 cm³/mol. The van der Waals surface area contributed by atoms with Crippen molar-refractivity contribution in [3.05, 3.63) is 42.5 Å². The lowest BCUT2D eigenvalue weighted by molar-refractivity contribution is 0.235. The van der Waals surface area contributed by atoms with Crippen LogP contribution in [-0.2, 0) is 13.0 Å². The first-order valence-corrected chi connectivity index (χ1v) is 8.36. The molecule has 0 fully saturated rings. The third-order valence-electron chi connectivity index (χ3n) is 4.04. The molecule has 2 heterocycles. The van der Waals surface area contributed by atoms with E-state index in [1.54, 1.807) is 19.7 Å². The first-order valence-electron chi connectivity index (χ1n) is 8.36. The van der Waals surface area contributed by atoms with Gasteiger partial charge in [-0.25, -0.2) is 0 Å². The van der Waals surface area contributed by atoms with Gasteiger partial charge in [-0.15, -0.1) is 10.2 Å². The number of fused-ring (bicyclic) bond motifs is 1. The van der Waals surface area contributed by atoms with Crippen molar-refractivity contribution < 1.29 is 4.74 Å². The molecule has 7 nitrogen and oxygen atoms in total. The first-order chi connectivity index (χ1) is 11.8. The summed E-state index contributed by atoms with van der Waals surface area (Å²) in [4.78, 5) is 4.26. The highest BCUT2D eigenvalue weighted by molar-refractivity contribution is 5.79. The van der Waals surface area contributed by atoms with Crippen LogP contribution in [0.3, 0.4) is 0 Å². The third-order valence-corrected chi connectivity index (χ3v) is 4.04. The van der Waals surface area contributed by atoms with Crippen molar-refractivity contribution in [3.63, 3.8) is 0 Å². The Bertz CT molecular complexity index is 630. The van der Waals surface area contributed by atoms with Crippen molar-refractivity contribution in [1.82, 2.24) is 25.4 Å². The molecular weight excluding hydrogens is 304 g/mol. The highest BCUT2D eigenvalue weighted by Crippen LogP contribution is 2.27. The number of para-hydroxylation sites is 1. The Morgan fingerprint density at radius 3 is 2.88 bits per heavy atom. The van der Waals surface area contributed by atoms with Gasteiger partial charge in [0, 0.05) is 26.6 Å². The maximum Gasteiger partial charge on any atom is 0.191 e. The maximum absolute atomic E-state index is 5.93. The molecule has 1 aromatic carbocycles. The molecule has 0 bridgehead atoms. The lowest BCUT2D eigenvalue weighted by Gasteiger charge is -2.15. The zero-order chi connectivity index (χ0) is 16.6. The highest BCUT2D eigenvalue weighted by Gasteiger charge is 2.22. The van der Waals surface area contributed by atoms with E-state index in [4.69, 9.17) is 4.74 Å². The summed E-state index contributed by atoms with van der Waals surface area (Å²) in [6.07, 6.45) is 6.72. The number of unbranched alkanes of at least 4 members (excludes halogenated alkanes) is 1. The Labute approximate surface area is 142 Å². The fraction of sp³-hybridized carbons (Fsp3) is 0.471. The average molecular weight is 328 g/mol. The molecule has 1 aromatic heterocycles. The van der Waals surface area contributed by atoms with Crippen LogP contribution in [0.15, 0.2) is 41.9 Å². The second-order valence-electron chi connectivity index (χ2n) is 5.84. The number of rotatable bonds is 7. The van der Waals surface area contributed by atoms with Gasteiger partial charge in [0.2, 0.25) is 0 Å². The topological polar surface area (TPSA) is 76.4 Å². The molecule has 7 heteroatoms. The number of hydrogen-bond donors (Lipinski definition) is 2. The Hall–Kier alpha value is -2.57. The van der Waals surface area contributed by atoms with Crippen LogP contribution in [-0.4, -0.2) is 47.0 Å². The standard InChI is InChI=1S/C17H24N6O/c1-18-17(19-8-4-5-9-23-12-21-22-13-23)20-11-15-10-14-6-2-3-7-16(14)24-15/h2-3,6-7,12-13,15H,4-5,8-11H2,1H3,(H2,18,19,20). The number of hydrogen-bond acceptors (Lipinski definition) is 4. The van der Waals surface area contributed by atoms with Gasteiger partial charge in [-0.1, -0.05) is 18.2 Å². The van der Waals surface area contributed by atoms with E-state index in [-0.39, 0.29) is 6.10 Å². The molecule has 128 valence electrons. The third kappa shape index (κ3) is 4.47. The molecule has 0 saturated heterocycles. The van der Waals surface area contributed by atoms with E-state index in [1.807, 2.05) is 16.7 Å². The average Bonchev–Trinajstić information content (AvgIpc) is 3.26. The SMILES string of the molecule is CN=C(NCCCCn1cnnc1)NCC1Cc2ccccc2O1. The summed E-state index contributed by atoms with van der Waals surface area (Å²) in [6.45, 7) is 2.57. The first kappa shape index (κ1) is 16.3. The summed E-state index contributed by atoms with van der Waals surface area (Å²) in [5.74, 6) is 1.82. The van der Waals surface area contributed by atoms with Gasteiger partial charge in [0.15, 0.2) is 5.96 Å². The summed E-state index contributed by atoms with van der Waals surface area (Å²) in [5, 5.41) is 14.3. The van der Waals surface area contributed by atoms with Crippen molar-refractivity contribution in [1.29, 1.82) is 0 Å². The van der Waals surface area contributed by atoms with E-state index >= 15 is 0 Å². The van der Waals surface area contributed by atoms with E-state index in [0.29, 0.717) is 0 Å². The number of aryl methyl sites for hydroxylation is 1. The summed E-state index contributed by atoms with van der Waals surface area (Å²) in [5.41, 5.74) is 1.28. The van der Waals surface area contributed by atoms with Crippen LogP contribution in [0.2, 0.25) is 0 Å². The Morgan fingerprint density at radius 1 is 1.25 bits per heavy atom. The number of nitrogens with one attached hydrogen (secondary N) is 2. The van der Waals surface area contributed by atoms with E-state index in [2.05, 4.69) is 38.0 Å². The van der Waals surface area contributed by atoms with Crippen LogP contribution in [0.4, 0.5) is 0 Å². The molecular formula is C17H24N6O. The summed E-state index contributed by atoms with van der Waals surface area (Å²) < 4.78 is 7.91. The van der Waals surface area contributed by atoms with E-state index < -0.39 is 0 Å². The minimum Gasteiger partial charge on any atom is -0.488 e. The molecule has 1 unspecified atom stereocenters. The Kier molecular flexibility index (Phi) is 5.65. The van der Waals surface area contributed by atoms with Gasteiger partial charge in [0.1, 0.15) is 24.5 Å². The predicted octanol–water partition coefficient (Wildman–Crippen LogP) is 1.23. The second-order valence-corrected chi connectivity index (χ2v) is 5.84. The van der Waals surface area contributed by atoms with Crippen LogP contribution in [0.25, 0.3) is 0 Å². The molecule has 2 aromatic rings. The van der Waals surface area contributed by atoms with Gasteiger partial charge in [-0.2, -0.15) is 0 Å². The monoisotopic (exact) mass is 328 g/mol. The van der Waals surface area contributed by atoms with E-state index in [9.17, 15) is 0 Å². The Balaban J connectivity index is 1.31. The summed E-state index contributed by atoms with van der Waals surface area (Å²) in [7, 11) is 1.79. The number of benzene rings is 1. The van der Waals surface area contributed by atoms with Crippen LogP contribution in [0, 0.1) is 0 Å². The molecule has 1 aliphatic heterocycles. The van der Waals surface area contributed by atoms with Gasteiger partial charge < -0.3 is 19.9 Å². The fourth-order valence-electron chi connectivity index (χ4n) is 2.76. The van der Waals surface area contributed by atoms with Crippen molar-refractivity contribution in [2.45, 2.75) is 31.9 Å². The van der Waals surface area contributed by atoms with Crippen LogP contribution < -0.4 is 15.4 Å². The molecule has 1 aliphatic rings. The zero-order valence-corrected chi connectivity index (χ0v) is 14.0. The van der Waals surface area contributed by atoms with Gasteiger partial charge in [0.25, 0.3) is 0 Å². The molecule has 2 N–H and O–H groups in total. The number of ether oxygens (including phenoxy) is 1. The molecule has 0 spiro atoms. The van der Waals surface area contributed by atoms with Crippen LogP contribution in [0.5, 0.6) is 5.75 Å². The number of aliphatic imine (C=N–C) groups is 1. The Morgan fingerprint density at radius 2 is 2.08 bits per heavy atom. The number of aromatic nitrogens is 3. The van der Waals surface area contributed by atoms with Crippen LogP contribution >= 0.6 is 0 Å². The second kappa shape index (κ2) is 8.33. The van der Waals surface area contributed by atoms with Gasteiger partial charge in [-0.3, -0.25) is 4.99 Å². The maximum atomic E-state index is 5.93. The molecule has 0 radical (unpaired) electrons. The summed E-state index contributed by atoms with van der Waals surface area (Å²) >= 11 is 0. The zero-order valence-electron chi connectivity index (χ0n) is 14.0. The molecule has 0 aliphatic carbocycles. The minimum atomic E-state index is 0.162. The van der Waals surface area contributed by atoms with Crippen molar-refractivity contribution >= 4 is 5.96 Å². The largest absolute Gasteiger partial charge is 0.488 e. The lowest BCUT2D eigenvalue weighted by atomic mass is 10.1. The van der Waals surface area contributed by atoms with Gasteiger partial charge in [0.05, 0.1) is 6.54 Å². The van der Waals surface area contributed by atoms with Gasteiger partial charge in [-0.05, 0) is 24.5 Å². The lowest BCUT2D eigenvalue weighted by Crippen LogP contribution is -2.42. The quantitative estimate of drug-likeness (QED) is 0.454. The van der Waals surface area contributed by atoms with Crippen molar-refractivity contribution in [2.24, 2.45) is 4.99 Å². The number of guanidine groups is 1. The van der Waals surface area contributed by atoms with E-state index in [0.717, 1.165) is 50.6 Å². The molecule has 24 heavy (non-hydrogen) atoms. The smallest absolute Gasteiger partial charge is 0.191 e. The summed E-state index contributed by atoms with van der Waals surface area (Å²) in [6, 6.07) is 8.21. The molecule has 3 rings (SSSR count). The van der Waals surface area contributed by atoms with Crippen LogP contribution in [0.1, 0.15) is 18.4 Å². The van der Waals surface area contributed by atoms with Crippen molar-refractivity contribution in [2.75, 3.05) is 20.1 Å². The normalized spacial score (nSPS) is 16.5. The minimum absolute atomic E-state index is 0.162. The number of nitrogens with zero attached hydrogens (tertiary/aromatic N) is 4.